The van der Waals surface area contributed by atoms with Crippen LogP contribution in [0.4, 0.5) is 0 Å². The Bertz CT molecular complexity index is 238. The minimum absolute atomic E-state index is 0.428. The van der Waals surface area contributed by atoms with Crippen LogP contribution in [0.1, 0.15) is 91.9 Å². The van der Waals surface area contributed by atoms with Crippen molar-refractivity contribution in [2.24, 2.45) is 11.8 Å². The minimum Gasteiger partial charge on any atom is -0.624 e. The average Bonchev–Trinajstić information content (AvgIpc) is 2.37. The van der Waals surface area contributed by atoms with Gasteiger partial charge in [-0.3, -0.25) is 0 Å². The Hall–Kier alpha value is -0.530. The van der Waals surface area contributed by atoms with Crippen molar-refractivity contribution < 1.29 is 4.74 Å². The Morgan fingerprint density at radius 1 is 0.850 bits per heavy atom. The van der Waals surface area contributed by atoms with E-state index in [1.54, 1.807) is 0 Å². The molecule has 0 heterocycles. The van der Waals surface area contributed by atoms with Crippen LogP contribution in [-0.4, -0.2) is 17.5 Å². The summed E-state index contributed by atoms with van der Waals surface area (Å²) >= 11 is 0. The summed E-state index contributed by atoms with van der Waals surface area (Å²) in [6.45, 7) is 9.44. The number of rotatable bonds is 13. The van der Waals surface area contributed by atoms with E-state index in [9.17, 15) is 5.21 Å². The lowest BCUT2D eigenvalue weighted by Crippen LogP contribution is -2.17. The van der Waals surface area contributed by atoms with Crippen LogP contribution in [-0.2, 0) is 0 Å². The lowest BCUT2D eigenvalue weighted by atomic mass is 10.0. The molecule has 2 unspecified atom stereocenters. The summed E-state index contributed by atoms with van der Waals surface area (Å²) in [5, 5.41) is 11.8. The van der Waals surface area contributed by atoms with Crippen molar-refractivity contribution in [3.63, 3.8) is 0 Å². The molecule has 0 rings (SSSR count). The van der Waals surface area contributed by atoms with Gasteiger partial charge in [-0.25, -0.2) is 4.74 Å². The van der Waals surface area contributed by atoms with Crippen molar-refractivity contribution in [3.05, 3.63) is 5.21 Å². The molecule has 0 radical (unpaired) electrons. The van der Waals surface area contributed by atoms with Crippen molar-refractivity contribution in [3.8, 4) is 0 Å². The molecule has 0 aliphatic rings. The predicted molar refractivity (Wildman–Crippen MR) is 90.4 cm³/mol. The van der Waals surface area contributed by atoms with E-state index < -0.39 is 0 Å². The van der Waals surface area contributed by atoms with Gasteiger partial charge in [-0.15, -0.1) is 0 Å². The van der Waals surface area contributed by atoms with Crippen molar-refractivity contribution >= 4 is 6.21 Å². The monoisotopic (exact) mass is 283 g/mol. The Morgan fingerprint density at radius 2 is 1.45 bits per heavy atom. The second-order valence-electron chi connectivity index (χ2n) is 6.53. The highest BCUT2D eigenvalue weighted by Gasteiger charge is 2.08. The molecular weight excluding hydrogens is 246 g/mol. The summed E-state index contributed by atoms with van der Waals surface area (Å²) in [5.74, 6) is 0.941. The lowest BCUT2D eigenvalue weighted by molar-refractivity contribution is -0.463. The van der Waals surface area contributed by atoms with Gasteiger partial charge in [0.15, 0.2) is 12.8 Å². The first-order chi connectivity index (χ1) is 9.60. The van der Waals surface area contributed by atoms with E-state index in [1.807, 2.05) is 6.21 Å². The van der Waals surface area contributed by atoms with Gasteiger partial charge in [-0.1, -0.05) is 79.1 Å². The van der Waals surface area contributed by atoms with Crippen LogP contribution in [0.2, 0.25) is 0 Å². The van der Waals surface area contributed by atoms with Gasteiger partial charge in [-0.2, -0.15) is 0 Å². The number of nitrogens with zero attached hydrogens (tertiary/aromatic N) is 1. The SMILES string of the molecule is CCCCCCCCCC(C)C=[N+]([O-])CC(C)CCC. The molecule has 0 saturated heterocycles. The van der Waals surface area contributed by atoms with Gasteiger partial charge in [0.05, 0.1) is 0 Å². The Labute approximate surface area is 127 Å². The molecule has 20 heavy (non-hydrogen) atoms. The largest absolute Gasteiger partial charge is 0.624 e. The van der Waals surface area contributed by atoms with Crippen LogP contribution in [0.25, 0.3) is 0 Å². The maximum atomic E-state index is 11.8. The summed E-state index contributed by atoms with van der Waals surface area (Å²) in [4.78, 5) is 0. The maximum Gasteiger partial charge on any atom is 0.155 e. The zero-order valence-corrected chi connectivity index (χ0v) is 14.4. The molecule has 0 aromatic heterocycles. The van der Waals surface area contributed by atoms with E-state index in [0.717, 1.165) is 12.8 Å². The second-order valence-corrected chi connectivity index (χ2v) is 6.53. The van der Waals surface area contributed by atoms with Gasteiger partial charge in [0.25, 0.3) is 0 Å². The highest BCUT2D eigenvalue weighted by atomic mass is 16.5. The maximum absolute atomic E-state index is 11.8. The van der Waals surface area contributed by atoms with E-state index >= 15 is 0 Å². The van der Waals surface area contributed by atoms with E-state index in [1.165, 1.54) is 56.1 Å². The zero-order valence-electron chi connectivity index (χ0n) is 14.4. The molecule has 0 N–H and O–H groups in total. The number of unbranched alkanes of at least 4 members (excludes halogenated alkanes) is 6. The second kappa shape index (κ2) is 13.5. The van der Waals surface area contributed by atoms with Crippen LogP contribution in [0.15, 0.2) is 0 Å². The third-order valence-electron chi connectivity index (χ3n) is 3.96. The quantitative estimate of drug-likeness (QED) is 0.138. The van der Waals surface area contributed by atoms with Gasteiger partial charge in [0, 0.05) is 11.8 Å². The standard InChI is InChI=1S/C18H37NO/c1-5-7-8-9-10-11-12-14-18(4)16-19(20)15-17(3)13-6-2/h16-18H,5-15H2,1-4H3. The highest BCUT2D eigenvalue weighted by Crippen LogP contribution is 2.12. The molecular formula is C18H37NO. The summed E-state index contributed by atoms with van der Waals surface area (Å²) in [5.41, 5.74) is 0. The molecule has 0 aromatic carbocycles. The predicted octanol–water partition coefficient (Wildman–Crippen LogP) is 5.78. The van der Waals surface area contributed by atoms with E-state index in [2.05, 4.69) is 27.7 Å². The summed E-state index contributed by atoms with van der Waals surface area (Å²) in [7, 11) is 0. The summed E-state index contributed by atoms with van der Waals surface area (Å²) in [6, 6.07) is 0. The average molecular weight is 284 g/mol. The van der Waals surface area contributed by atoms with Gasteiger partial charge >= 0.3 is 0 Å². The van der Waals surface area contributed by atoms with Gasteiger partial charge in [0.2, 0.25) is 0 Å². The van der Waals surface area contributed by atoms with E-state index in [0.29, 0.717) is 18.4 Å². The topological polar surface area (TPSA) is 26.1 Å². The molecule has 0 aliphatic heterocycles. The smallest absolute Gasteiger partial charge is 0.155 e. The lowest BCUT2D eigenvalue weighted by Gasteiger charge is -2.12. The third kappa shape index (κ3) is 12.5. The summed E-state index contributed by atoms with van der Waals surface area (Å²) in [6.07, 6.45) is 14.8. The molecule has 2 heteroatoms. The van der Waals surface area contributed by atoms with Gasteiger partial charge in [-0.05, 0) is 12.8 Å². The van der Waals surface area contributed by atoms with Crippen LogP contribution >= 0.6 is 0 Å². The molecule has 0 amide bonds. The third-order valence-corrected chi connectivity index (χ3v) is 3.96. The highest BCUT2D eigenvalue weighted by molar-refractivity contribution is 5.54. The van der Waals surface area contributed by atoms with Crippen LogP contribution in [0.3, 0.4) is 0 Å². The fourth-order valence-electron chi connectivity index (χ4n) is 2.73. The number of hydroxylamine groups is 1. The number of hydrogen-bond acceptors (Lipinski definition) is 1. The Morgan fingerprint density at radius 3 is 2.05 bits per heavy atom. The van der Waals surface area contributed by atoms with E-state index in [-0.39, 0.29) is 0 Å². The molecule has 0 aliphatic carbocycles. The number of hydrogen-bond donors (Lipinski definition) is 0. The first-order valence-electron chi connectivity index (χ1n) is 8.88. The van der Waals surface area contributed by atoms with E-state index in [4.69, 9.17) is 0 Å². The van der Waals surface area contributed by atoms with Gasteiger partial charge in [0.1, 0.15) is 0 Å². The first-order valence-corrected chi connectivity index (χ1v) is 8.88. The van der Waals surface area contributed by atoms with Crippen LogP contribution in [0.5, 0.6) is 0 Å². The Kier molecular flexibility index (Phi) is 13.1. The molecule has 0 aromatic rings. The normalized spacial score (nSPS) is 15.3. The van der Waals surface area contributed by atoms with Crippen LogP contribution in [0, 0.1) is 17.0 Å². The van der Waals surface area contributed by atoms with Crippen molar-refractivity contribution in [1.29, 1.82) is 0 Å². The molecule has 120 valence electrons. The van der Waals surface area contributed by atoms with Crippen molar-refractivity contribution in [1.82, 2.24) is 0 Å². The molecule has 2 atom stereocenters. The molecule has 2 nitrogen and oxygen atoms in total. The van der Waals surface area contributed by atoms with Crippen molar-refractivity contribution in [2.45, 2.75) is 91.9 Å². The van der Waals surface area contributed by atoms with Crippen LogP contribution < -0.4 is 0 Å². The molecule has 0 bridgehead atoms. The molecule has 0 saturated carbocycles. The fourth-order valence-corrected chi connectivity index (χ4v) is 2.73. The minimum atomic E-state index is 0.428. The van der Waals surface area contributed by atoms with Gasteiger partial charge < -0.3 is 5.21 Å². The first kappa shape index (κ1) is 19.5. The molecule has 0 spiro atoms. The fraction of sp³-hybridized carbons (Fsp3) is 0.944. The van der Waals surface area contributed by atoms with Crippen molar-refractivity contribution in [2.75, 3.05) is 6.54 Å². The molecule has 0 fully saturated rings. The summed E-state index contributed by atoms with van der Waals surface area (Å²) < 4.78 is 1.17. The Balaban J connectivity index is 3.62. The zero-order chi connectivity index (χ0) is 15.2.